The summed E-state index contributed by atoms with van der Waals surface area (Å²) in [6.45, 7) is 5.63. The number of thiophene rings is 1. The summed E-state index contributed by atoms with van der Waals surface area (Å²) in [5, 5.41) is 3.83. The molecule has 0 saturated heterocycles. The van der Waals surface area contributed by atoms with Gasteiger partial charge in [0.25, 0.3) is 0 Å². The molecule has 1 heterocycles. The first kappa shape index (κ1) is 14.1. The summed E-state index contributed by atoms with van der Waals surface area (Å²) in [6, 6.07) is 2.97. The summed E-state index contributed by atoms with van der Waals surface area (Å²) in [7, 11) is 0. The molecule has 1 nitrogen and oxygen atoms in total. The number of hydrogen-bond acceptors (Lipinski definition) is 2. The smallest absolute Gasteiger partial charge is 0.0449 e. The molecule has 0 amide bonds. The van der Waals surface area contributed by atoms with Crippen LogP contribution in [-0.2, 0) is 0 Å². The molecular weight excluding hydrogens is 318 g/mol. The molecule has 2 saturated carbocycles. The summed E-state index contributed by atoms with van der Waals surface area (Å²) in [5.41, 5.74) is 0. The topological polar surface area (TPSA) is 12.0 Å². The molecule has 0 aromatic carbocycles. The SMILES string of the molecule is CCCNC(c1cc(Br)c(C)s1)C1C2CCCCC21. The van der Waals surface area contributed by atoms with E-state index in [0.29, 0.717) is 6.04 Å². The van der Waals surface area contributed by atoms with Gasteiger partial charge in [0.1, 0.15) is 0 Å². The number of halogens is 1. The molecule has 0 bridgehead atoms. The molecule has 0 radical (unpaired) electrons. The minimum absolute atomic E-state index is 0.614. The number of hydrogen-bond donors (Lipinski definition) is 1. The Kier molecular flexibility index (Phi) is 4.35. The average molecular weight is 342 g/mol. The molecule has 3 unspecified atom stereocenters. The highest BCUT2D eigenvalue weighted by molar-refractivity contribution is 9.10. The Morgan fingerprint density at radius 3 is 2.58 bits per heavy atom. The first-order valence-electron chi connectivity index (χ1n) is 7.71. The van der Waals surface area contributed by atoms with E-state index in [1.54, 1.807) is 4.88 Å². The first-order valence-corrected chi connectivity index (χ1v) is 9.32. The van der Waals surface area contributed by atoms with E-state index in [-0.39, 0.29) is 0 Å². The molecule has 3 atom stereocenters. The molecule has 3 heteroatoms. The fourth-order valence-corrected chi connectivity index (χ4v) is 5.60. The minimum Gasteiger partial charge on any atom is -0.309 e. The fourth-order valence-electron chi connectivity index (χ4n) is 3.90. The Hall–Kier alpha value is 0.140. The van der Waals surface area contributed by atoms with Crippen molar-refractivity contribution in [2.24, 2.45) is 17.8 Å². The zero-order chi connectivity index (χ0) is 13.4. The zero-order valence-corrected chi connectivity index (χ0v) is 14.3. The van der Waals surface area contributed by atoms with E-state index < -0.39 is 0 Å². The predicted molar refractivity (Wildman–Crippen MR) is 86.7 cm³/mol. The number of nitrogens with one attached hydrogen (secondary N) is 1. The lowest BCUT2D eigenvalue weighted by molar-refractivity contribution is 0.452. The highest BCUT2D eigenvalue weighted by atomic mass is 79.9. The second-order valence-corrected chi connectivity index (χ2v) is 8.32. The van der Waals surface area contributed by atoms with Crippen molar-refractivity contribution in [3.8, 4) is 0 Å². The summed E-state index contributed by atoms with van der Waals surface area (Å²) >= 11 is 5.66. The standard InChI is InChI=1S/C16H24BrNS/c1-3-8-18-16(14-9-13(17)10(2)19-14)15-11-6-4-5-7-12(11)15/h9,11-12,15-16,18H,3-8H2,1-2H3. The predicted octanol–water partition coefficient (Wildman–Crippen LogP) is 5.30. The second-order valence-electron chi connectivity index (χ2n) is 6.17. The molecule has 1 aromatic rings. The van der Waals surface area contributed by atoms with E-state index in [1.807, 2.05) is 11.3 Å². The molecule has 2 fully saturated rings. The molecular formula is C16H24BrNS. The Morgan fingerprint density at radius 2 is 2.05 bits per heavy atom. The molecule has 1 aromatic heterocycles. The van der Waals surface area contributed by atoms with Gasteiger partial charge in [-0.2, -0.15) is 0 Å². The van der Waals surface area contributed by atoms with Gasteiger partial charge in [-0.1, -0.05) is 19.8 Å². The van der Waals surface area contributed by atoms with Crippen molar-refractivity contribution in [3.63, 3.8) is 0 Å². The van der Waals surface area contributed by atoms with Crippen molar-refractivity contribution in [1.82, 2.24) is 5.32 Å². The molecule has 19 heavy (non-hydrogen) atoms. The van der Waals surface area contributed by atoms with Crippen LogP contribution in [0.1, 0.15) is 54.8 Å². The Bertz CT molecular complexity index is 410. The van der Waals surface area contributed by atoms with E-state index in [0.717, 1.165) is 24.3 Å². The summed E-state index contributed by atoms with van der Waals surface area (Å²) < 4.78 is 1.29. The normalized spacial score (nSPS) is 31.0. The van der Waals surface area contributed by atoms with Gasteiger partial charge < -0.3 is 5.32 Å². The maximum Gasteiger partial charge on any atom is 0.0449 e. The van der Waals surface area contributed by atoms with E-state index in [1.165, 1.54) is 41.5 Å². The number of aryl methyl sites for hydroxylation is 1. The van der Waals surface area contributed by atoms with Crippen LogP contribution < -0.4 is 5.32 Å². The maximum absolute atomic E-state index is 3.83. The van der Waals surface area contributed by atoms with Gasteiger partial charge in [0, 0.05) is 20.3 Å². The van der Waals surface area contributed by atoms with Crippen LogP contribution in [0.2, 0.25) is 0 Å². The largest absolute Gasteiger partial charge is 0.309 e. The summed E-state index contributed by atoms with van der Waals surface area (Å²) in [6.07, 6.45) is 7.11. The third kappa shape index (κ3) is 2.79. The van der Waals surface area contributed by atoms with Crippen LogP contribution in [0.25, 0.3) is 0 Å². The molecule has 1 N–H and O–H groups in total. The van der Waals surface area contributed by atoms with Crippen molar-refractivity contribution >= 4 is 27.3 Å². The fraction of sp³-hybridized carbons (Fsp3) is 0.750. The van der Waals surface area contributed by atoms with Crippen LogP contribution in [0.3, 0.4) is 0 Å². The quantitative estimate of drug-likeness (QED) is 0.766. The van der Waals surface area contributed by atoms with Crippen molar-refractivity contribution in [3.05, 3.63) is 20.3 Å². The Balaban J connectivity index is 1.77. The number of fused-ring (bicyclic) bond motifs is 1. The van der Waals surface area contributed by atoms with Crippen LogP contribution in [0.4, 0.5) is 0 Å². The first-order chi connectivity index (χ1) is 9.22. The van der Waals surface area contributed by atoms with Crippen LogP contribution in [0.5, 0.6) is 0 Å². The zero-order valence-electron chi connectivity index (χ0n) is 11.9. The third-order valence-electron chi connectivity index (χ3n) is 4.90. The molecule has 0 aliphatic heterocycles. The molecule has 2 aliphatic carbocycles. The Morgan fingerprint density at radius 1 is 1.37 bits per heavy atom. The minimum atomic E-state index is 0.614. The average Bonchev–Trinajstić information content (AvgIpc) is 3.03. The van der Waals surface area contributed by atoms with E-state index >= 15 is 0 Å². The van der Waals surface area contributed by atoms with Gasteiger partial charge >= 0.3 is 0 Å². The Labute approximate surface area is 129 Å². The van der Waals surface area contributed by atoms with Crippen LogP contribution in [0, 0.1) is 24.7 Å². The van der Waals surface area contributed by atoms with Crippen LogP contribution in [-0.4, -0.2) is 6.54 Å². The van der Waals surface area contributed by atoms with Gasteiger partial charge in [-0.25, -0.2) is 0 Å². The van der Waals surface area contributed by atoms with Crippen molar-refractivity contribution in [2.75, 3.05) is 6.54 Å². The van der Waals surface area contributed by atoms with E-state index in [9.17, 15) is 0 Å². The second kappa shape index (κ2) is 5.87. The van der Waals surface area contributed by atoms with Gasteiger partial charge in [-0.05, 0) is 72.5 Å². The highest BCUT2D eigenvalue weighted by Gasteiger charge is 2.54. The molecule has 3 rings (SSSR count). The number of rotatable bonds is 5. The van der Waals surface area contributed by atoms with E-state index in [2.05, 4.69) is 41.2 Å². The lowest BCUT2D eigenvalue weighted by Crippen LogP contribution is -2.24. The summed E-state index contributed by atoms with van der Waals surface area (Å²) in [4.78, 5) is 2.97. The van der Waals surface area contributed by atoms with Gasteiger partial charge in [-0.3, -0.25) is 0 Å². The van der Waals surface area contributed by atoms with Crippen LogP contribution >= 0.6 is 27.3 Å². The van der Waals surface area contributed by atoms with Crippen molar-refractivity contribution < 1.29 is 0 Å². The lowest BCUT2D eigenvalue weighted by atomic mass is 10.0. The molecule has 0 spiro atoms. The monoisotopic (exact) mass is 341 g/mol. The van der Waals surface area contributed by atoms with Crippen molar-refractivity contribution in [2.45, 2.75) is 52.0 Å². The van der Waals surface area contributed by atoms with E-state index in [4.69, 9.17) is 0 Å². The van der Waals surface area contributed by atoms with Gasteiger partial charge in [-0.15, -0.1) is 11.3 Å². The lowest BCUT2D eigenvalue weighted by Gasteiger charge is -2.17. The highest BCUT2D eigenvalue weighted by Crippen LogP contribution is 2.61. The summed E-state index contributed by atoms with van der Waals surface area (Å²) in [5.74, 6) is 2.95. The maximum atomic E-state index is 3.83. The van der Waals surface area contributed by atoms with Gasteiger partial charge in [0.2, 0.25) is 0 Å². The van der Waals surface area contributed by atoms with Crippen LogP contribution in [0.15, 0.2) is 10.5 Å². The molecule has 106 valence electrons. The van der Waals surface area contributed by atoms with Gasteiger partial charge in [0.05, 0.1) is 0 Å². The molecule has 2 aliphatic rings. The third-order valence-corrected chi connectivity index (χ3v) is 7.12. The van der Waals surface area contributed by atoms with Gasteiger partial charge in [0.15, 0.2) is 0 Å². The van der Waals surface area contributed by atoms with Crippen molar-refractivity contribution in [1.29, 1.82) is 0 Å².